The first-order valence-electron chi connectivity index (χ1n) is 11.6. The van der Waals surface area contributed by atoms with Crippen molar-refractivity contribution < 1.29 is 22.7 Å². The topological polar surface area (TPSA) is 99.3 Å². The lowest BCUT2D eigenvalue weighted by atomic mass is 10.0. The van der Waals surface area contributed by atoms with Crippen molar-refractivity contribution in [2.24, 2.45) is 0 Å². The SMILES string of the molecule is COCCNS(=O)(=O)c1ccc(C)c(C(=O)N2CCN(CC(=O)N3CCCCC3C)CC2)c1. The molecule has 2 aliphatic heterocycles. The number of amides is 2. The first-order valence-corrected chi connectivity index (χ1v) is 13.1. The minimum Gasteiger partial charge on any atom is -0.383 e. The van der Waals surface area contributed by atoms with E-state index < -0.39 is 10.0 Å². The maximum atomic E-state index is 13.2. The fraction of sp³-hybridized carbons (Fsp3) is 0.652. The van der Waals surface area contributed by atoms with Gasteiger partial charge in [0, 0.05) is 58.0 Å². The van der Waals surface area contributed by atoms with Gasteiger partial charge in [-0.15, -0.1) is 0 Å². The van der Waals surface area contributed by atoms with Gasteiger partial charge in [0.2, 0.25) is 15.9 Å². The van der Waals surface area contributed by atoms with Crippen molar-refractivity contribution in [2.75, 3.05) is 59.5 Å². The minimum atomic E-state index is -3.72. The predicted molar refractivity (Wildman–Crippen MR) is 126 cm³/mol. The summed E-state index contributed by atoms with van der Waals surface area (Å²) >= 11 is 0. The molecule has 2 aliphatic rings. The van der Waals surface area contributed by atoms with Crippen LogP contribution in [0.5, 0.6) is 0 Å². The number of piperazine rings is 1. The Morgan fingerprint density at radius 2 is 1.85 bits per heavy atom. The maximum Gasteiger partial charge on any atom is 0.254 e. The van der Waals surface area contributed by atoms with Crippen LogP contribution in [0.2, 0.25) is 0 Å². The van der Waals surface area contributed by atoms with Crippen LogP contribution < -0.4 is 4.72 Å². The lowest BCUT2D eigenvalue weighted by Crippen LogP contribution is -2.53. The van der Waals surface area contributed by atoms with Crippen LogP contribution in [0.25, 0.3) is 0 Å². The fourth-order valence-electron chi connectivity index (χ4n) is 4.39. The number of rotatable bonds is 8. The van der Waals surface area contributed by atoms with Gasteiger partial charge in [0.15, 0.2) is 0 Å². The Hall–Kier alpha value is -2.01. The molecule has 1 atom stereocenters. The fourth-order valence-corrected chi connectivity index (χ4v) is 5.43. The molecule has 2 fully saturated rings. The second-order valence-corrected chi connectivity index (χ2v) is 10.6. The summed E-state index contributed by atoms with van der Waals surface area (Å²) in [5, 5.41) is 0. The molecule has 1 aromatic rings. The standard InChI is InChI=1S/C23H36N4O5S/c1-18-7-8-20(33(30,31)24-9-15-32-3)16-21(18)23(29)26-13-11-25(12-14-26)17-22(28)27-10-5-4-6-19(27)2/h7-8,16,19,24H,4-6,9-15,17H2,1-3H3. The number of hydrogen-bond donors (Lipinski definition) is 1. The predicted octanol–water partition coefficient (Wildman–Crippen LogP) is 1.08. The van der Waals surface area contributed by atoms with Crippen molar-refractivity contribution in [1.82, 2.24) is 19.4 Å². The quantitative estimate of drug-likeness (QED) is 0.559. The lowest BCUT2D eigenvalue weighted by molar-refractivity contribution is -0.136. The van der Waals surface area contributed by atoms with Crippen LogP contribution in [0.15, 0.2) is 23.1 Å². The zero-order valence-electron chi connectivity index (χ0n) is 19.9. The number of ether oxygens (including phenoxy) is 1. The molecule has 2 heterocycles. The highest BCUT2D eigenvalue weighted by atomic mass is 32.2. The summed E-state index contributed by atoms with van der Waals surface area (Å²) in [6, 6.07) is 4.91. The molecule has 10 heteroatoms. The molecule has 33 heavy (non-hydrogen) atoms. The van der Waals surface area contributed by atoms with Crippen molar-refractivity contribution in [3.63, 3.8) is 0 Å². The number of nitrogens with one attached hydrogen (secondary N) is 1. The number of piperidine rings is 1. The first-order chi connectivity index (χ1) is 15.7. The van der Waals surface area contributed by atoms with Gasteiger partial charge in [0.05, 0.1) is 18.0 Å². The summed E-state index contributed by atoms with van der Waals surface area (Å²) < 4.78 is 32.4. The second kappa shape index (κ2) is 11.4. The van der Waals surface area contributed by atoms with Crippen molar-refractivity contribution in [3.05, 3.63) is 29.3 Å². The Morgan fingerprint density at radius 1 is 1.12 bits per heavy atom. The third-order valence-corrected chi connectivity index (χ3v) is 7.95. The molecular weight excluding hydrogens is 444 g/mol. The average molecular weight is 481 g/mol. The number of aryl methyl sites for hydroxylation is 1. The number of carbonyl (C=O) groups is 2. The zero-order valence-corrected chi connectivity index (χ0v) is 20.7. The normalized spacial score (nSPS) is 20.2. The van der Waals surface area contributed by atoms with Crippen LogP contribution in [0.3, 0.4) is 0 Å². The van der Waals surface area contributed by atoms with Crippen molar-refractivity contribution >= 4 is 21.8 Å². The molecule has 0 radical (unpaired) electrons. The maximum absolute atomic E-state index is 13.2. The molecule has 1 N–H and O–H groups in total. The van der Waals surface area contributed by atoms with Crippen LogP contribution in [0.1, 0.15) is 42.1 Å². The van der Waals surface area contributed by atoms with E-state index in [0.29, 0.717) is 44.3 Å². The van der Waals surface area contributed by atoms with Gasteiger partial charge in [0.1, 0.15) is 0 Å². The summed E-state index contributed by atoms with van der Waals surface area (Å²) in [4.78, 5) is 31.8. The van der Waals surface area contributed by atoms with Crippen molar-refractivity contribution in [1.29, 1.82) is 0 Å². The third-order valence-electron chi connectivity index (χ3n) is 6.49. The lowest BCUT2D eigenvalue weighted by Gasteiger charge is -2.38. The number of carbonyl (C=O) groups excluding carboxylic acids is 2. The highest BCUT2D eigenvalue weighted by molar-refractivity contribution is 7.89. The van der Waals surface area contributed by atoms with E-state index in [0.717, 1.165) is 24.9 Å². The Labute approximate surface area is 197 Å². The van der Waals surface area contributed by atoms with Crippen molar-refractivity contribution in [3.8, 4) is 0 Å². The number of sulfonamides is 1. The summed E-state index contributed by atoms with van der Waals surface area (Å²) in [6.45, 7) is 7.80. The largest absolute Gasteiger partial charge is 0.383 e. The first kappa shape index (κ1) is 25.6. The van der Waals surface area contributed by atoms with E-state index in [9.17, 15) is 18.0 Å². The highest BCUT2D eigenvalue weighted by Crippen LogP contribution is 2.20. The van der Waals surface area contributed by atoms with Crippen LogP contribution in [-0.4, -0.2) is 101 Å². The molecule has 1 aromatic carbocycles. The number of hydrogen-bond acceptors (Lipinski definition) is 6. The van der Waals surface area contributed by atoms with Gasteiger partial charge in [-0.2, -0.15) is 0 Å². The van der Waals surface area contributed by atoms with E-state index >= 15 is 0 Å². The molecule has 9 nitrogen and oxygen atoms in total. The molecule has 184 valence electrons. The number of likely N-dealkylation sites (tertiary alicyclic amines) is 1. The summed E-state index contributed by atoms with van der Waals surface area (Å²) in [5.74, 6) is -0.0197. The Bertz CT molecular complexity index is 944. The van der Waals surface area contributed by atoms with Crippen LogP contribution in [-0.2, 0) is 19.6 Å². The Kier molecular flexibility index (Phi) is 8.86. The van der Waals surface area contributed by atoms with Crippen LogP contribution in [0.4, 0.5) is 0 Å². The van der Waals surface area contributed by atoms with E-state index in [1.54, 1.807) is 17.9 Å². The van der Waals surface area contributed by atoms with Gasteiger partial charge in [0.25, 0.3) is 5.91 Å². The van der Waals surface area contributed by atoms with Gasteiger partial charge in [-0.25, -0.2) is 13.1 Å². The summed E-state index contributed by atoms with van der Waals surface area (Å²) in [7, 11) is -2.22. The molecular formula is C23H36N4O5S. The van der Waals surface area contributed by atoms with E-state index in [4.69, 9.17) is 4.74 Å². The van der Waals surface area contributed by atoms with Crippen LogP contribution >= 0.6 is 0 Å². The zero-order chi connectivity index (χ0) is 24.0. The van der Waals surface area contributed by atoms with E-state index in [-0.39, 0.29) is 29.9 Å². The third kappa shape index (κ3) is 6.53. The molecule has 3 rings (SSSR count). The summed E-state index contributed by atoms with van der Waals surface area (Å²) in [5.41, 5.74) is 1.11. The second-order valence-electron chi connectivity index (χ2n) is 8.87. The molecule has 0 bridgehead atoms. The Balaban J connectivity index is 1.59. The van der Waals surface area contributed by atoms with Gasteiger partial charge in [-0.3, -0.25) is 14.5 Å². The molecule has 1 unspecified atom stereocenters. The number of methoxy groups -OCH3 is 1. The van der Waals surface area contributed by atoms with Gasteiger partial charge < -0.3 is 14.5 Å². The van der Waals surface area contributed by atoms with E-state index in [1.807, 2.05) is 4.90 Å². The highest BCUT2D eigenvalue weighted by Gasteiger charge is 2.28. The van der Waals surface area contributed by atoms with Crippen molar-refractivity contribution in [2.45, 2.75) is 44.0 Å². The average Bonchev–Trinajstić information content (AvgIpc) is 2.79. The molecule has 0 spiro atoms. The molecule has 0 saturated carbocycles. The van der Waals surface area contributed by atoms with Crippen LogP contribution in [0, 0.1) is 6.92 Å². The molecule has 2 amide bonds. The monoisotopic (exact) mass is 480 g/mol. The Morgan fingerprint density at radius 3 is 2.52 bits per heavy atom. The molecule has 2 saturated heterocycles. The van der Waals surface area contributed by atoms with Gasteiger partial charge >= 0.3 is 0 Å². The van der Waals surface area contributed by atoms with Gasteiger partial charge in [-0.1, -0.05) is 6.07 Å². The van der Waals surface area contributed by atoms with E-state index in [2.05, 4.69) is 16.5 Å². The smallest absolute Gasteiger partial charge is 0.254 e. The molecule has 0 aromatic heterocycles. The summed E-state index contributed by atoms with van der Waals surface area (Å²) in [6.07, 6.45) is 3.30. The minimum absolute atomic E-state index is 0.0624. The number of nitrogens with zero attached hydrogens (tertiary/aromatic N) is 3. The molecule has 0 aliphatic carbocycles. The number of benzene rings is 1. The van der Waals surface area contributed by atoms with Gasteiger partial charge in [-0.05, 0) is 50.8 Å². The van der Waals surface area contributed by atoms with E-state index in [1.165, 1.54) is 25.7 Å².